The molecule has 0 N–H and O–H groups in total. The average Bonchev–Trinajstić information content (AvgIpc) is 3.11. The van der Waals surface area contributed by atoms with E-state index in [0.717, 1.165) is 12.8 Å². The maximum absolute atomic E-state index is 3.61. The Balaban J connectivity index is 0.000000960. The second-order valence-corrected chi connectivity index (χ2v) is 8.58. The number of fused-ring (bicyclic) bond motifs is 3. The Labute approximate surface area is 178 Å². The quantitative estimate of drug-likeness (QED) is 0.351. The molecular weight excluding hydrogens is 430 g/mol. The topological polar surface area (TPSA) is 0 Å². The molecule has 0 atom stereocenters. The van der Waals surface area contributed by atoms with Gasteiger partial charge in [0.1, 0.15) is 0 Å². The summed E-state index contributed by atoms with van der Waals surface area (Å²) in [6, 6.07) is 15.6. The summed E-state index contributed by atoms with van der Waals surface area (Å²) >= 11 is 0. The fourth-order valence-electron chi connectivity index (χ4n) is 3.54. The van der Waals surface area contributed by atoms with E-state index in [1.807, 2.05) is 0 Å². The van der Waals surface area contributed by atoms with Crippen LogP contribution in [0.1, 0.15) is 23.1 Å². The van der Waals surface area contributed by atoms with Crippen molar-refractivity contribution in [3.05, 3.63) is 76.5 Å². The smallest absolute Gasteiger partial charge is 1.00 e. The number of allylic oxidation sites excluding steroid dienone is 4. The summed E-state index contributed by atoms with van der Waals surface area (Å²) in [5.74, 6) is 0. The molecule has 2 aromatic carbocycles. The van der Waals surface area contributed by atoms with Gasteiger partial charge in [-0.1, -0.05) is 61.5 Å². The summed E-state index contributed by atoms with van der Waals surface area (Å²) in [4.78, 5) is 0. The minimum Gasteiger partial charge on any atom is -1.00 e. The van der Waals surface area contributed by atoms with Crippen LogP contribution < -0.4 is 24.8 Å². The molecular formula is C20H18Cl2SiZr. The van der Waals surface area contributed by atoms with E-state index in [4.69, 9.17) is 0 Å². The van der Waals surface area contributed by atoms with E-state index in [1.54, 1.807) is 5.20 Å². The molecule has 0 fully saturated rings. The van der Waals surface area contributed by atoms with Crippen LogP contribution in [0, 0.1) is 6.08 Å². The third-order valence-corrected chi connectivity index (χ3v) is 6.04. The molecule has 2 aliphatic carbocycles. The summed E-state index contributed by atoms with van der Waals surface area (Å²) < 4.78 is 0. The zero-order valence-corrected chi connectivity index (χ0v) is 18.8. The van der Waals surface area contributed by atoms with Crippen molar-refractivity contribution in [1.29, 1.82) is 0 Å². The number of hydrogen-bond donors (Lipinski definition) is 0. The molecule has 0 saturated carbocycles. The van der Waals surface area contributed by atoms with Crippen molar-refractivity contribution in [2.75, 3.05) is 0 Å². The van der Waals surface area contributed by atoms with E-state index in [2.05, 4.69) is 67.7 Å². The maximum Gasteiger partial charge on any atom is 3.00 e. The second-order valence-electron chi connectivity index (χ2n) is 6.04. The third kappa shape index (κ3) is 3.58. The Hall–Kier alpha value is -0.400. The number of halogens is 2. The molecule has 4 rings (SSSR count). The van der Waals surface area contributed by atoms with Gasteiger partial charge in [-0.3, -0.25) is 0 Å². The van der Waals surface area contributed by atoms with Crippen LogP contribution in [0.5, 0.6) is 0 Å². The van der Waals surface area contributed by atoms with Crippen molar-refractivity contribution in [3.8, 4) is 11.1 Å². The van der Waals surface area contributed by atoms with Crippen molar-refractivity contribution < 1.29 is 51.0 Å². The van der Waals surface area contributed by atoms with E-state index in [-0.39, 0.29) is 51.0 Å². The van der Waals surface area contributed by atoms with Gasteiger partial charge in [0.05, 0.1) is 0 Å². The van der Waals surface area contributed by atoms with Gasteiger partial charge in [-0.15, -0.1) is 17.7 Å². The fraction of sp³-hybridized carbons (Fsp3) is 0.200. The van der Waals surface area contributed by atoms with Gasteiger partial charge in [0.2, 0.25) is 0 Å². The monoisotopic (exact) mass is 446 g/mol. The van der Waals surface area contributed by atoms with Crippen molar-refractivity contribution in [3.63, 3.8) is 0 Å². The molecule has 4 heteroatoms. The van der Waals surface area contributed by atoms with Crippen LogP contribution >= 0.6 is 0 Å². The van der Waals surface area contributed by atoms with Crippen molar-refractivity contribution in [2.24, 2.45) is 0 Å². The SMILES string of the molecule is C[Si](C)C1=CC[C-]=C1c1cccc2c1Cc1ccccc1-2.[Cl-].[Cl-].[Zr+3]. The van der Waals surface area contributed by atoms with E-state index >= 15 is 0 Å². The van der Waals surface area contributed by atoms with E-state index in [1.165, 1.54) is 33.4 Å². The predicted octanol–water partition coefficient (Wildman–Crippen LogP) is -0.926. The normalized spacial score (nSPS) is 13.8. The third-order valence-electron chi connectivity index (χ3n) is 4.51. The number of hydrogen-bond acceptors (Lipinski definition) is 0. The molecule has 24 heavy (non-hydrogen) atoms. The molecule has 120 valence electrons. The van der Waals surface area contributed by atoms with E-state index in [9.17, 15) is 0 Å². The molecule has 0 bridgehead atoms. The van der Waals surface area contributed by atoms with E-state index < -0.39 is 8.80 Å². The molecule has 2 aliphatic rings. The zero-order valence-electron chi connectivity index (χ0n) is 13.8. The Morgan fingerprint density at radius 2 is 1.54 bits per heavy atom. The number of rotatable bonds is 2. The fourth-order valence-corrected chi connectivity index (χ4v) is 4.77. The molecule has 2 radical (unpaired) electrons. The molecule has 0 aromatic heterocycles. The van der Waals surface area contributed by atoms with E-state index in [0.29, 0.717) is 0 Å². The Morgan fingerprint density at radius 1 is 0.875 bits per heavy atom. The summed E-state index contributed by atoms with van der Waals surface area (Å²) in [5, 5.41) is 1.56. The summed E-state index contributed by atoms with van der Waals surface area (Å²) in [6.07, 6.45) is 8.04. The van der Waals surface area contributed by atoms with Crippen LogP contribution in [0.4, 0.5) is 0 Å². The molecule has 0 aliphatic heterocycles. The first kappa shape index (κ1) is 21.6. The molecule has 0 amide bonds. The first-order chi connectivity index (χ1) is 10.3. The average molecular weight is 449 g/mol. The molecule has 2 aromatic rings. The maximum atomic E-state index is 3.61. The van der Waals surface area contributed by atoms with Gasteiger partial charge in [-0.2, -0.15) is 16.8 Å². The van der Waals surface area contributed by atoms with Crippen LogP contribution in [0.3, 0.4) is 0 Å². The van der Waals surface area contributed by atoms with Gasteiger partial charge in [0, 0.05) is 8.80 Å². The molecule has 0 heterocycles. The molecule has 0 unspecified atom stereocenters. The van der Waals surface area contributed by atoms with Crippen molar-refractivity contribution in [1.82, 2.24) is 0 Å². The molecule has 0 nitrogen and oxygen atoms in total. The standard InChI is InChI=1S/C20H18Si.2ClH.Zr/c1-21(2)20-12-6-11-18(20)17-10-5-9-16-15-8-4-3-7-14(15)13-19(16)17;;;/h3-5,7-10,12H,6,13H2,1-2H3;2*1H;/q-1;;;+3/p-2. The summed E-state index contributed by atoms with van der Waals surface area (Å²) in [7, 11) is -0.430. The van der Waals surface area contributed by atoms with Crippen LogP contribution in [-0.4, -0.2) is 8.80 Å². The Kier molecular flexibility index (Phi) is 7.94. The first-order valence-corrected chi connectivity index (χ1v) is 10.1. The van der Waals surface area contributed by atoms with Gasteiger partial charge >= 0.3 is 26.2 Å². The summed E-state index contributed by atoms with van der Waals surface area (Å²) in [5.41, 5.74) is 8.60. The minimum atomic E-state index is -0.430. The predicted molar refractivity (Wildman–Crippen MR) is 91.5 cm³/mol. The van der Waals surface area contributed by atoms with Crippen LogP contribution in [-0.2, 0) is 32.6 Å². The number of benzene rings is 2. The van der Waals surface area contributed by atoms with Gasteiger partial charge in [-0.25, -0.2) is 0 Å². The Morgan fingerprint density at radius 3 is 2.29 bits per heavy atom. The second kappa shape index (κ2) is 8.81. The molecule has 0 saturated heterocycles. The van der Waals surface area contributed by atoms with Gasteiger partial charge < -0.3 is 24.8 Å². The van der Waals surface area contributed by atoms with Crippen molar-refractivity contribution >= 4 is 14.4 Å². The van der Waals surface area contributed by atoms with Crippen LogP contribution in [0.25, 0.3) is 16.7 Å². The van der Waals surface area contributed by atoms with Crippen molar-refractivity contribution in [2.45, 2.75) is 25.9 Å². The van der Waals surface area contributed by atoms with Gasteiger partial charge in [0.25, 0.3) is 0 Å². The minimum absolute atomic E-state index is 0. The summed E-state index contributed by atoms with van der Waals surface area (Å²) in [6.45, 7) is 4.75. The van der Waals surface area contributed by atoms with Gasteiger partial charge in [0.15, 0.2) is 0 Å². The van der Waals surface area contributed by atoms with Crippen LogP contribution in [0.2, 0.25) is 13.1 Å². The zero-order chi connectivity index (χ0) is 14.4. The Bertz CT molecular complexity index is 794. The largest absolute Gasteiger partial charge is 3.00 e. The first-order valence-electron chi connectivity index (χ1n) is 7.58. The van der Waals surface area contributed by atoms with Crippen LogP contribution in [0.15, 0.2) is 53.7 Å². The molecule has 0 spiro atoms. The van der Waals surface area contributed by atoms with Gasteiger partial charge in [-0.05, 0) is 23.1 Å².